The number of benzene rings is 2. The molecule has 5 rings (SSSR count). The van der Waals surface area contributed by atoms with E-state index in [1.807, 2.05) is 59.5 Å². The van der Waals surface area contributed by atoms with Gasteiger partial charge < -0.3 is 4.90 Å². The number of rotatable bonds is 4. The highest BCUT2D eigenvalue weighted by Crippen LogP contribution is 2.37. The van der Waals surface area contributed by atoms with Crippen molar-refractivity contribution in [1.29, 1.82) is 0 Å². The van der Waals surface area contributed by atoms with E-state index in [1.165, 1.54) is 14.8 Å². The molecule has 7 heteroatoms. The summed E-state index contributed by atoms with van der Waals surface area (Å²) in [5.74, 6) is 0.797. The zero-order valence-corrected chi connectivity index (χ0v) is 18.1. The Morgan fingerprint density at radius 3 is 2.44 bits per heavy atom. The standard InChI is InChI=1S/C25H26N4O3/c1-2-17-8-10-19(11-9-17)23(30)27-13-12-20-15-28-22(21(20)16-27)26-29(25(32)24(28)31)14-18-6-4-3-5-7-18/h3-11,20-21H,2,12-16H2,1H3/t20-,21-/m0/s1. The summed E-state index contributed by atoms with van der Waals surface area (Å²) in [4.78, 5) is 40.4. The molecule has 32 heavy (non-hydrogen) atoms. The summed E-state index contributed by atoms with van der Waals surface area (Å²) in [6.07, 6.45) is 1.73. The molecule has 2 aromatic carbocycles. The molecule has 0 aliphatic carbocycles. The van der Waals surface area contributed by atoms with Crippen molar-refractivity contribution in [2.24, 2.45) is 5.92 Å². The van der Waals surface area contributed by atoms with Crippen LogP contribution < -0.4 is 11.1 Å². The molecule has 2 aliphatic heterocycles. The summed E-state index contributed by atoms with van der Waals surface area (Å²) in [6.45, 7) is 4.00. The number of hydrogen-bond donors (Lipinski definition) is 0. The quantitative estimate of drug-likeness (QED) is 0.595. The first-order valence-corrected chi connectivity index (χ1v) is 11.2. The van der Waals surface area contributed by atoms with Crippen molar-refractivity contribution in [2.45, 2.75) is 38.8 Å². The van der Waals surface area contributed by atoms with Crippen molar-refractivity contribution >= 4 is 5.91 Å². The molecule has 2 aliphatic rings. The summed E-state index contributed by atoms with van der Waals surface area (Å²) in [5.41, 5.74) is 1.67. The molecule has 1 saturated heterocycles. The molecule has 0 radical (unpaired) electrons. The molecule has 0 spiro atoms. The molecule has 2 atom stereocenters. The lowest BCUT2D eigenvalue weighted by atomic mass is 9.87. The van der Waals surface area contributed by atoms with Crippen LogP contribution in [0.2, 0.25) is 0 Å². The monoisotopic (exact) mass is 430 g/mol. The molecule has 1 aromatic heterocycles. The Kier molecular flexibility index (Phi) is 5.25. The fraction of sp³-hybridized carbons (Fsp3) is 0.360. The van der Waals surface area contributed by atoms with Crippen molar-refractivity contribution in [2.75, 3.05) is 13.1 Å². The average Bonchev–Trinajstić information content (AvgIpc) is 3.20. The lowest BCUT2D eigenvalue weighted by Gasteiger charge is -2.34. The fourth-order valence-electron chi connectivity index (χ4n) is 4.86. The maximum Gasteiger partial charge on any atom is 0.332 e. The van der Waals surface area contributed by atoms with Gasteiger partial charge >= 0.3 is 11.1 Å². The Bertz CT molecular complexity index is 1260. The van der Waals surface area contributed by atoms with Crippen molar-refractivity contribution in [3.05, 3.63) is 97.8 Å². The third-order valence-corrected chi connectivity index (χ3v) is 6.74. The van der Waals surface area contributed by atoms with Crippen LogP contribution in [0, 0.1) is 5.92 Å². The van der Waals surface area contributed by atoms with Crippen molar-refractivity contribution in [3.63, 3.8) is 0 Å². The van der Waals surface area contributed by atoms with Gasteiger partial charge in [-0.15, -0.1) is 0 Å². The van der Waals surface area contributed by atoms with E-state index < -0.39 is 11.1 Å². The smallest absolute Gasteiger partial charge is 0.332 e. The minimum Gasteiger partial charge on any atom is -0.338 e. The molecule has 7 nitrogen and oxygen atoms in total. The Hall–Kier alpha value is -3.48. The van der Waals surface area contributed by atoms with Crippen molar-refractivity contribution < 1.29 is 4.79 Å². The van der Waals surface area contributed by atoms with Crippen molar-refractivity contribution in [1.82, 2.24) is 19.2 Å². The molecule has 1 fully saturated rings. The van der Waals surface area contributed by atoms with E-state index in [0.29, 0.717) is 31.0 Å². The molecule has 1 amide bonds. The molecule has 3 aromatic rings. The molecule has 0 N–H and O–H groups in total. The van der Waals surface area contributed by atoms with Gasteiger partial charge in [-0.05, 0) is 42.0 Å². The lowest BCUT2D eigenvalue weighted by Crippen LogP contribution is -2.44. The van der Waals surface area contributed by atoms with Gasteiger partial charge in [0.1, 0.15) is 5.82 Å². The second kappa shape index (κ2) is 8.22. The van der Waals surface area contributed by atoms with Crippen LogP contribution in [-0.4, -0.2) is 38.2 Å². The molecule has 0 bridgehead atoms. The first-order valence-electron chi connectivity index (χ1n) is 11.2. The zero-order valence-electron chi connectivity index (χ0n) is 18.1. The number of likely N-dealkylation sites (tertiary alicyclic amines) is 1. The predicted octanol–water partition coefficient (Wildman–Crippen LogP) is 2.28. The summed E-state index contributed by atoms with van der Waals surface area (Å²) in [7, 11) is 0. The second-order valence-electron chi connectivity index (χ2n) is 8.68. The van der Waals surface area contributed by atoms with Crippen molar-refractivity contribution in [3.8, 4) is 0 Å². The highest BCUT2D eigenvalue weighted by molar-refractivity contribution is 5.94. The van der Waals surface area contributed by atoms with Gasteiger partial charge in [0.15, 0.2) is 0 Å². The number of amides is 1. The minimum atomic E-state index is -0.597. The average molecular weight is 431 g/mol. The first kappa shape index (κ1) is 20.4. The van der Waals surface area contributed by atoms with Crippen LogP contribution in [0.25, 0.3) is 0 Å². The van der Waals surface area contributed by atoms with E-state index in [1.54, 1.807) is 0 Å². The number of hydrogen-bond acceptors (Lipinski definition) is 4. The lowest BCUT2D eigenvalue weighted by molar-refractivity contribution is 0.0667. The number of carbonyl (C=O) groups excluding carboxylic acids is 1. The third kappa shape index (κ3) is 3.57. The maximum absolute atomic E-state index is 13.1. The van der Waals surface area contributed by atoms with Crippen LogP contribution in [0.15, 0.2) is 64.2 Å². The van der Waals surface area contributed by atoms with Gasteiger partial charge in [-0.25, -0.2) is 4.68 Å². The van der Waals surface area contributed by atoms with Gasteiger partial charge in [0.2, 0.25) is 0 Å². The number of carbonyl (C=O) groups is 1. The van der Waals surface area contributed by atoms with Crippen LogP contribution in [0.5, 0.6) is 0 Å². The van der Waals surface area contributed by atoms with Crippen LogP contribution in [0.4, 0.5) is 0 Å². The van der Waals surface area contributed by atoms with Gasteiger partial charge in [0.25, 0.3) is 5.91 Å². The van der Waals surface area contributed by atoms with Gasteiger partial charge in [0.05, 0.1) is 6.54 Å². The number of fused-ring (bicyclic) bond motifs is 3. The van der Waals surface area contributed by atoms with E-state index in [4.69, 9.17) is 0 Å². The minimum absolute atomic E-state index is 0.00417. The highest BCUT2D eigenvalue weighted by Gasteiger charge is 2.41. The second-order valence-corrected chi connectivity index (χ2v) is 8.68. The Balaban J connectivity index is 1.43. The number of piperidine rings is 1. The maximum atomic E-state index is 13.1. The summed E-state index contributed by atoms with van der Waals surface area (Å²) < 4.78 is 2.80. The Morgan fingerprint density at radius 1 is 0.969 bits per heavy atom. The zero-order chi connectivity index (χ0) is 22.2. The number of aryl methyl sites for hydroxylation is 1. The summed E-state index contributed by atoms with van der Waals surface area (Å²) >= 11 is 0. The SMILES string of the molecule is CCc1ccc(C(=O)N2CC[C@H]3Cn4c(nn(Cc5ccccc5)c(=O)c4=O)[C@H]3C2)cc1. The molecule has 164 valence electrons. The van der Waals surface area contributed by atoms with E-state index in [9.17, 15) is 14.4 Å². The molecule has 3 heterocycles. The summed E-state index contributed by atoms with van der Waals surface area (Å²) in [6, 6.07) is 17.3. The van der Waals surface area contributed by atoms with Crippen LogP contribution >= 0.6 is 0 Å². The van der Waals surface area contributed by atoms with E-state index in [0.717, 1.165) is 18.4 Å². The topological polar surface area (TPSA) is 77.2 Å². The Labute approximate surface area is 185 Å². The van der Waals surface area contributed by atoms with E-state index in [-0.39, 0.29) is 24.3 Å². The van der Waals surface area contributed by atoms with Crippen LogP contribution in [-0.2, 0) is 19.5 Å². The highest BCUT2D eigenvalue weighted by atomic mass is 16.2. The Morgan fingerprint density at radius 2 is 1.72 bits per heavy atom. The fourth-order valence-corrected chi connectivity index (χ4v) is 4.86. The van der Waals surface area contributed by atoms with Crippen LogP contribution in [0.1, 0.15) is 46.6 Å². The summed E-state index contributed by atoms with van der Waals surface area (Å²) in [5, 5.41) is 4.61. The van der Waals surface area contributed by atoms with E-state index >= 15 is 0 Å². The molecule has 0 unspecified atom stereocenters. The van der Waals surface area contributed by atoms with Crippen LogP contribution in [0.3, 0.4) is 0 Å². The number of aromatic nitrogens is 3. The van der Waals surface area contributed by atoms with Gasteiger partial charge in [-0.3, -0.25) is 19.0 Å². The normalized spacial score (nSPS) is 19.5. The van der Waals surface area contributed by atoms with E-state index in [2.05, 4.69) is 12.0 Å². The largest absolute Gasteiger partial charge is 0.338 e. The first-order chi connectivity index (χ1) is 15.5. The molecular formula is C25H26N4O3. The molecular weight excluding hydrogens is 404 g/mol. The number of nitrogens with zero attached hydrogens (tertiary/aromatic N) is 4. The predicted molar refractivity (Wildman–Crippen MR) is 121 cm³/mol. The van der Waals surface area contributed by atoms with Gasteiger partial charge in [-0.1, -0.05) is 49.4 Å². The van der Waals surface area contributed by atoms with Gasteiger partial charge in [-0.2, -0.15) is 5.10 Å². The molecule has 0 saturated carbocycles. The third-order valence-electron chi connectivity index (χ3n) is 6.74. The van der Waals surface area contributed by atoms with Gasteiger partial charge in [0, 0.05) is 31.1 Å².